The van der Waals surface area contributed by atoms with Crippen molar-refractivity contribution in [3.05, 3.63) is 40.8 Å². The van der Waals surface area contributed by atoms with Crippen LogP contribution < -0.4 is 0 Å². The number of aryl methyl sites for hydroxylation is 1. The van der Waals surface area contributed by atoms with E-state index in [0.717, 1.165) is 12.8 Å². The fraction of sp³-hybridized carbons (Fsp3) is 0.308. The van der Waals surface area contributed by atoms with E-state index in [1.165, 1.54) is 12.4 Å². The van der Waals surface area contributed by atoms with Crippen LogP contribution in [-0.2, 0) is 6.42 Å². The Kier molecular flexibility index (Phi) is 3.87. The summed E-state index contributed by atoms with van der Waals surface area (Å²) in [6, 6.07) is 1.59. The van der Waals surface area contributed by atoms with Crippen LogP contribution in [0.1, 0.15) is 24.7 Å². The predicted octanol–water partition coefficient (Wildman–Crippen LogP) is 3.59. The second-order valence-electron chi connectivity index (χ2n) is 4.01. The van der Waals surface area contributed by atoms with Gasteiger partial charge in [-0.3, -0.25) is 4.98 Å². The molecular formula is C13H13ClFN3. The highest BCUT2D eigenvalue weighted by Crippen LogP contribution is 2.27. The van der Waals surface area contributed by atoms with Crippen LogP contribution in [0.4, 0.5) is 4.39 Å². The number of pyridine rings is 1. The van der Waals surface area contributed by atoms with Gasteiger partial charge in [-0.15, -0.1) is 0 Å². The van der Waals surface area contributed by atoms with Gasteiger partial charge in [0.05, 0.1) is 11.9 Å². The number of rotatable bonds is 3. The van der Waals surface area contributed by atoms with Crippen LogP contribution >= 0.6 is 11.6 Å². The molecule has 0 bridgehead atoms. The van der Waals surface area contributed by atoms with Crippen molar-refractivity contribution in [1.29, 1.82) is 0 Å². The first-order valence-corrected chi connectivity index (χ1v) is 6.14. The van der Waals surface area contributed by atoms with E-state index in [1.54, 1.807) is 13.0 Å². The summed E-state index contributed by atoms with van der Waals surface area (Å²) in [7, 11) is 0. The van der Waals surface area contributed by atoms with E-state index in [-0.39, 0.29) is 0 Å². The molecule has 0 saturated heterocycles. The minimum atomic E-state index is -0.405. The Balaban J connectivity index is 2.59. The highest BCUT2D eigenvalue weighted by Gasteiger charge is 2.14. The van der Waals surface area contributed by atoms with Gasteiger partial charge < -0.3 is 0 Å². The lowest BCUT2D eigenvalue weighted by molar-refractivity contribution is 0.624. The normalized spacial score (nSPS) is 10.7. The molecule has 0 aliphatic rings. The van der Waals surface area contributed by atoms with Crippen molar-refractivity contribution in [2.45, 2.75) is 26.7 Å². The summed E-state index contributed by atoms with van der Waals surface area (Å²) < 4.78 is 13.7. The third-order valence-electron chi connectivity index (χ3n) is 2.63. The molecule has 0 unspecified atom stereocenters. The van der Waals surface area contributed by atoms with Crippen molar-refractivity contribution in [1.82, 2.24) is 15.0 Å². The van der Waals surface area contributed by atoms with Gasteiger partial charge in [0.2, 0.25) is 0 Å². The van der Waals surface area contributed by atoms with Crippen molar-refractivity contribution in [2.24, 2.45) is 0 Å². The van der Waals surface area contributed by atoms with Crippen molar-refractivity contribution in [3.8, 4) is 11.3 Å². The Hall–Kier alpha value is -1.55. The standard InChI is InChI=1S/C13H13ClFN3/c1-3-4-11-17-12(8(2)13(14)18-11)9-5-6-16-7-10(9)15/h5-7H,3-4H2,1-2H3. The first kappa shape index (κ1) is 12.9. The van der Waals surface area contributed by atoms with Crippen molar-refractivity contribution in [2.75, 3.05) is 0 Å². The number of nitrogens with zero attached hydrogens (tertiary/aromatic N) is 3. The Morgan fingerprint density at radius 2 is 2.11 bits per heavy atom. The zero-order valence-electron chi connectivity index (χ0n) is 10.2. The lowest BCUT2D eigenvalue weighted by Gasteiger charge is -2.09. The number of hydrogen-bond acceptors (Lipinski definition) is 3. The van der Waals surface area contributed by atoms with Crippen LogP contribution in [0.2, 0.25) is 5.15 Å². The maximum Gasteiger partial charge on any atom is 0.150 e. The minimum Gasteiger partial charge on any atom is -0.262 e. The lowest BCUT2D eigenvalue weighted by atomic mass is 10.1. The zero-order chi connectivity index (χ0) is 13.1. The Morgan fingerprint density at radius 3 is 2.78 bits per heavy atom. The Morgan fingerprint density at radius 1 is 1.33 bits per heavy atom. The monoisotopic (exact) mass is 265 g/mol. The average molecular weight is 266 g/mol. The summed E-state index contributed by atoms with van der Waals surface area (Å²) >= 11 is 6.07. The maximum atomic E-state index is 13.7. The predicted molar refractivity (Wildman–Crippen MR) is 69.0 cm³/mol. The second-order valence-corrected chi connectivity index (χ2v) is 4.37. The third-order valence-corrected chi connectivity index (χ3v) is 3.00. The highest BCUT2D eigenvalue weighted by molar-refractivity contribution is 6.30. The molecule has 0 fully saturated rings. The molecule has 0 spiro atoms. The Labute approximate surface area is 110 Å². The quantitative estimate of drug-likeness (QED) is 0.796. The molecule has 3 nitrogen and oxygen atoms in total. The number of hydrogen-bond donors (Lipinski definition) is 0. The summed E-state index contributed by atoms with van der Waals surface area (Å²) in [5, 5.41) is 0.375. The van der Waals surface area contributed by atoms with E-state index in [4.69, 9.17) is 11.6 Å². The fourth-order valence-electron chi connectivity index (χ4n) is 1.70. The molecule has 0 aliphatic heterocycles. The van der Waals surface area contributed by atoms with E-state index < -0.39 is 5.82 Å². The zero-order valence-corrected chi connectivity index (χ0v) is 11.0. The second kappa shape index (κ2) is 5.40. The summed E-state index contributed by atoms with van der Waals surface area (Å²) in [6.45, 7) is 3.82. The molecule has 2 heterocycles. The molecule has 18 heavy (non-hydrogen) atoms. The molecule has 0 amide bonds. The molecule has 0 aliphatic carbocycles. The smallest absolute Gasteiger partial charge is 0.150 e. The molecule has 0 aromatic carbocycles. The van der Waals surface area contributed by atoms with Crippen LogP contribution in [-0.4, -0.2) is 15.0 Å². The first-order valence-electron chi connectivity index (χ1n) is 5.76. The summed E-state index contributed by atoms with van der Waals surface area (Å²) in [5.41, 5.74) is 1.63. The molecule has 0 N–H and O–H groups in total. The lowest BCUT2D eigenvalue weighted by Crippen LogP contribution is -2.01. The maximum absolute atomic E-state index is 13.7. The highest BCUT2D eigenvalue weighted by atomic mass is 35.5. The summed E-state index contributed by atoms with van der Waals surface area (Å²) in [4.78, 5) is 12.3. The molecular weight excluding hydrogens is 253 g/mol. The first-order chi connectivity index (χ1) is 8.63. The van der Waals surface area contributed by atoms with E-state index in [1.807, 2.05) is 6.92 Å². The van der Waals surface area contributed by atoms with Crippen LogP contribution in [0, 0.1) is 12.7 Å². The average Bonchev–Trinajstić information content (AvgIpc) is 2.35. The third kappa shape index (κ3) is 2.48. The van der Waals surface area contributed by atoms with Crippen molar-refractivity contribution >= 4 is 11.6 Å². The number of halogens is 2. The van der Waals surface area contributed by atoms with Crippen LogP contribution in [0.5, 0.6) is 0 Å². The molecule has 5 heteroatoms. The van der Waals surface area contributed by atoms with Crippen molar-refractivity contribution in [3.63, 3.8) is 0 Å². The van der Waals surface area contributed by atoms with Gasteiger partial charge in [-0.2, -0.15) is 0 Å². The number of aromatic nitrogens is 3. The van der Waals surface area contributed by atoms with Gasteiger partial charge in [-0.05, 0) is 19.4 Å². The topological polar surface area (TPSA) is 38.7 Å². The SMILES string of the molecule is CCCc1nc(Cl)c(C)c(-c2ccncc2F)n1. The van der Waals surface area contributed by atoms with Crippen LogP contribution in [0.3, 0.4) is 0 Å². The molecule has 2 aromatic heterocycles. The van der Waals surface area contributed by atoms with Gasteiger partial charge in [0, 0.05) is 23.7 Å². The van der Waals surface area contributed by atoms with Gasteiger partial charge in [-0.1, -0.05) is 18.5 Å². The van der Waals surface area contributed by atoms with Gasteiger partial charge >= 0.3 is 0 Å². The van der Waals surface area contributed by atoms with Crippen LogP contribution in [0.25, 0.3) is 11.3 Å². The van der Waals surface area contributed by atoms with Gasteiger partial charge in [0.1, 0.15) is 11.0 Å². The molecule has 2 rings (SSSR count). The van der Waals surface area contributed by atoms with Gasteiger partial charge in [0.15, 0.2) is 5.82 Å². The van der Waals surface area contributed by atoms with E-state index >= 15 is 0 Å². The van der Waals surface area contributed by atoms with E-state index in [9.17, 15) is 4.39 Å². The van der Waals surface area contributed by atoms with Crippen molar-refractivity contribution < 1.29 is 4.39 Å². The van der Waals surface area contributed by atoms with E-state index in [0.29, 0.717) is 27.8 Å². The van der Waals surface area contributed by atoms with Crippen LogP contribution in [0.15, 0.2) is 18.5 Å². The largest absolute Gasteiger partial charge is 0.262 e. The molecule has 0 atom stereocenters. The van der Waals surface area contributed by atoms with E-state index in [2.05, 4.69) is 15.0 Å². The minimum absolute atomic E-state index is 0.375. The molecule has 0 radical (unpaired) electrons. The Bertz CT molecular complexity index is 572. The molecule has 94 valence electrons. The van der Waals surface area contributed by atoms with Gasteiger partial charge in [0.25, 0.3) is 0 Å². The molecule has 2 aromatic rings. The van der Waals surface area contributed by atoms with Gasteiger partial charge in [-0.25, -0.2) is 14.4 Å². The fourth-order valence-corrected chi connectivity index (χ4v) is 1.88. The molecule has 0 saturated carbocycles. The summed E-state index contributed by atoms with van der Waals surface area (Å²) in [5.74, 6) is 0.233. The summed E-state index contributed by atoms with van der Waals surface area (Å²) in [6.07, 6.45) is 4.34.